The molecule has 0 aromatic heterocycles. The van der Waals surface area contributed by atoms with Gasteiger partial charge in [0.15, 0.2) is 11.5 Å². The highest BCUT2D eigenvalue weighted by molar-refractivity contribution is 5.54. The van der Waals surface area contributed by atoms with Gasteiger partial charge in [0.25, 0.3) is 0 Å². The minimum Gasteiger partial charge on any atom is -0.508 e. The summed E-state index contributed by atoms with van der Waals surface area (Å²) in [7, 11) is 0. The topological polar surface area (TPSA) is 58.9 Å². The van der Waals surface area contributed by atoms with E-state index in [1.54, 1.807) is 48.5 Å². The average molecular weight is 348 g/mol. The Morgan fingerprint density at radius 1 is 0.577 bits per heavy atom. The van der Waals surface area contributed by atoms with Gasteiger partial charge in [-0.15, -0.1) is 0 Å². The van der Waals surface area contributed by atoms with Crippen LogP contribution in [0.4, 0.5) is 0 Å². The Hall–Kier alpha value is -3.14. The van der Waals surface area contributed by atoms with Crippen molar-refractivity contribution in [3.63, 3.8) is 0 Å². The zero-order valence-electron chi connectivity index (χ0n) is 14.3. The highest BCUT2D eigenvalue weighted by Crippen LogP contribution is 2.35. The van der Waals surface area contributed by atoms with E-state index in [4.69, 9.17) is 9.47 Å². The van der Waals surface area contributed by atoms with Crippen LogP contribution in [0.15, 0.2) is 60.7 Å². The van der Waals surface area contributed by atoms with E-state index in [2.05, 4.69) is 13.8 Å². The molecule has 0 heterocycles. The standard InChI is InChI=1S/C22H20O4/c1-15-3-4-16(2)22(26-14-18-7-11-20(24)12-8-18)21(15)25-13-17-5-9-19(23)10-6-17/h3-12,23-24H,1-2,13-14H2. The van der Waals surface area contributed by atoms with Gasteiger partial charge in [0.2, 0.25) is 0 Å². The Morgan fingerprint density at radius 3 is 1.27 bits per heavy atom. The molecule has 132 valence electrons. The third-order valence-electron chi connectivity index (χ3n) is 3.91. The van der Waals surface area contributed by atoms with Crippen LogP contribution in [-0.4, -0.2) is 10.2 Å². The Kier molecular flexibility index (Phi) is 5.32. The van der Waals surface area contributed by atoms with Crippen molar-refractivity contribution in [2.45, 2.75) is 13.2 Å². The molecule has 3 rings (SSSR count). The molecule has 0 spiro atoms. The first-order valence-electron chi connectivity index (χ1n) is 8.15. The molecule has 4 heteroatoms. The van der Waals surface area contributed by atoms with Crippen LogP contribution in [0.2, 0.25) is 0 Å². The van der Waals surface area contributed by atoms with Crippen LogP contribution in [0.3, 0.4) is 0 Å². The van der Waals surface area contributed by atoms with E-state index in [1.165, 1.54) is 0 Å². The molecule has 0 fully saturated rings. The van der Waals surface area contributed by atoms with Crippen LogP contribution in [0.1, 0.15) is 22.3 Å². The summed E-state index contributed by atoms with van der Waals surface area (Å²) in [6.07, 6.45) is 0. The Labute approximate surface area is 153 Å². The highest BCUT2D eigenvalue weighted by atomic mass is 16.5. The molecule has 0 aliphatic carbocycles. The van der Waals surface area contributed by atoms with Crippen molar-refractivity contribution in [2.24, 2.45) is 0 Å². The van der Waals surface area contributed by atoms with Gasteiger partial charge in [-0.1, -0.05) is 36.4 Å². The van der Waals surface area contributed by atoms with Crippen LogP contribution in [-0.2, 0) is 13.2 Å². The predicted molar refractivity (Wildman–Crippen MR) is 100 cm³/mol. The first-order valence-corrected chi connectivity index (χ1v) is 8.15. The number of phenols is 2. The van der Waals surface area contributed by atoms with E-state index in [9.17, 15) is 10.2 Å². The lowest BCUT2D eigenvalue weighted by atomic mass is 10.1. The van der Waals surface area contributed by atoms with E-state index in [-0.39, 0.29) is 11.5 Å². The molecule has 2 N–H and O–H groups in total. The van der Waals surface area contributed by atoms with Gasteiger partial charge < -0.3 is 19.7 Å². The first-order chi connectivity index (χ1) is 12.5. The molecule has 3 aromatic rings. The quantitative estimate of drug-likeness (QED) is 0.682. The third kappa shape index (κ3) is 4.28. The predicted octanol–water partition coefficient (Wildman–Crippen LogP) is 4.62. The summed E-state index contributed by atoms with van der Waals surface area (Å²) in [6, 6.07) is 17.3. The van der Waals surface area contributed by atoms with Gasteiger partial charge >= 0.3 is 0 Å². The van der Waals surface area contributed by atoms with Gasteiger partial charge in [-0.25, -0.2) is 0 Å². The summed E-state index contributed by atoms with van der Waals surface area (Å²) in [5, 5.41) is 18.7. The molecule has 0 unspecified atom stereocenters. The lowest BCUT2D eigenvalue weighted by Crippen LogP contribution is -2.03. The van der Waals surface area contributed by atoms with Crippen molar-refractivity contribution in [1.82, 2.24) is 0 Å². The molecule has 0 aliphatic heterocycles. The number of rotatable bonds is 6. The van der Waals surface area contributed by atoms with Crippen molar-refractivity contribution in [2.75, 3.05) is 0 Å². The molecule has 4 nitrogen and oxygen atoms in total. The van der Waals surface area contributed by atoms with Crippen molar-refractivity contribution >= 4 is 0 Å². The molecule has 2 radical (unpaired) electrons. The molecule has 0 atom stereocenters. The van der Waals surface area contributed by atoms with E-state index in [0.29, 0.717) is 35.8 Å². The number of benzene rings is 3. The number of ether oxygens (including phenoxy) is 2. The van der Waals surface area contributed by atoms with Crippen molar-refractivity contribution in [1.29, 1.82) is 0 Å². The third-order valence-corrected chi connectivity index (χ3v) is 3.91. The first kappa shape index (κ1) is 17.7. The number of hydrogen-bond acceptors (Lipinski definition) is 4. The molecule has 0 saturated heterocycles. The summed E-state index contributed by atoms with van der Waals surface area (Å²) < 4.78 is 11.9. The smallest absolute Gasteiger partial charge is 0.165 e. The van der Waals surface area contributed by atoms with Gasteiger partial charge in [0.05, 0.1) is 0 Å². The summed E-state index contributed by atoms with van der Waals surface area (Å²) in [5.74, 6) is 1.52. The fourth-order valence-electron chi connectivity index (χ4n) is 2.46. The van der Waals surface area contributed by atoms with Crippen molar-refractivity contribution in [3.05, 3.63) is 96.8 Å². The van der Waals surface area contributed by atoms with Crippen molar-refractivity contribution in [3.8, 4) is 23.0 Å². The average Bonchev–Trinajstić information content (AvgIpc) is 2.64. The van der Waals surface area contributed by atoms with Gasteiger partial charge in [-0.2, -0.15) is 0 Å². The normalized spacial score (nSPS) is 10.5. The zero-order chi connectivity index (χ0) is 18.5. The second-order valence-corrected chi connectivity index (χ2v) is 5.95. The second-order valence-electron chi connectivity index (χ2n) is 5.95. The molecule has 26 heavy (non-hydrogen) atoms. The maximum atomic E-state index is 9.37. The van der Waals surface area contributed by atoms with E-state index in [1.807, 2.05) is 12.1 Å². The van der Waals surface area contributed by atoms with Crippen LogP contribution in [0.5, 0.6) is 23.0 Å². The summed E-state index contributed by atoms with van der Waals surface area (Å²) >= 11 is 0. The van der Waals surface area contributed by atoms with Crippen LogP contribution < -0.4 is 9.47 Å². The maximum absolute atomic E-state index is 9.37. The Balaban J connectivity index is 1.77. The monoisotopic (exact) mass is 348 g/mol. The fraction of sp³-hybridized carbons (Fsp3) is 0.0909. The summed E-state index contributed by atoms with van der Waals surface area (Å²) in [6.45, 7) is 8.66. The zero-order valence-corrected chi connectivity index (χ0v) is 14.3. The molecule has 3 aromatic carbocycles. The van der Waals surface area contributed by atoms with Gasteiger partial charge in [0.1, 0.15) is 24.7 Å². The van der Waals surface area contributed by atoms with Crippen LogP contribution >= 0.6 is 0 Å². The van der Waals surface area contributed by atoms with Crippen LogP contribution in [0.25, 0.3) is 0 Å². The fourth-order valence-corrected chi connectivity index (χ4v) is 2.46. The lowest BCUT2D eigenvalue weighted by molar-refractivity contribution is 0.254. The number of phenolic OH excluding ortho intramolecular Hbond substituents is 2. The number of hydrogen-bond donors (Lipinski definition) is 2. The van der Waals surface area contributed by atoms with Gasteiger partial charge in [0, 0.05) is 0 Å². The molecule has 0 aliphatic rings. The molecule has 0 bridgehead atoms. The van der Waals surface area contributed by atoms with Gasteiger partial charge in [-0.3, -0.25) is 0 Å². The van der Waals surface area contributed by atoms with E-state index in [0.717, 1.165) is 11.1 Å². The lowest BCUT2D eigenvalue weighted by Gasteiger charge is -2.17. The number of aromatic hydroxyl groups is 2. The van der Waals surface area contributed by atoms with Gasteiger partial charge in [-0.05, 0) is 60.4 Å². The largest absolute Gasteiger partial charge is 0.508 e. The van der Waals surface area contributed by atoms with E-state index < -0.39 is 0 Å². The summed E-state index contributed by atoms with van der Waals surface area (Å²) in [5.41, 5.74) is 3.25. The van der Waals surface area contributed by atoms with Crippen molar-refractivity contribution < 1.29 is 19.7 Å². The second kappa shape index (κ2) is 7.83. The Bertz CT molecular complexity index is 793. The van der Waals surface area contributed by atoms with Crippen LogP contribution in [0, 0.1) is 13.8 Å². The molecular weight excluding hydrogens is 328 g/mol. The molecular formula is C22H20O4. The molecule has 0 saturated carbocycles. The maximum Gasteiger partial charge on any atom is 0.165 e. The molecule has 0 amide bonds. The Morgan fingerprint density at radius 2 is 0.923 bits per heavy atom. The van der Waals surface area contributed by atoms with E-state index >= 15 is 0 Å². The summed E-state index contributed by atoms with van der Waals surface area (Å²) in [4.78, 5) is 0. The minimum absolute atomic E-state index is 0.212. The SMILES string of the molecule is [CH2]c1ccc([CH2])c(OCc2ccc(O)cc2)c1OCc1ccc(O)cc1. The minimum atomic E-state index is 0.212. The highest BCUT2D eigenvalue weighted by Gasteiger charge is 2.13.